The summed E-state index contributed by atoms with van der Waals surface area (Å²) in [6.45, 7) is 5.13. The Balaban J connectivity index is 1.32. The number of methoxy groups -OCH3 is 1. The maximum absolute atomic E-state index is 5.29. The van der Waals surface area contributed by atoms with Gasteiger partial charge in [0.25, 0.3) is 0 Å². The second-order valence-corrected chi connectivity index (χ2v) is 7.50. The van der Waals surface area contributed by atoms with Gasteiger partial charge in [0.2, 0.25) is 5.13 Å². The molecule has 27 heavy (non-hydrogen) atoms. The van der Waals surface area contributed by atoms with Gasteiger partial charge in [0.1, 0.15) is 11.6 Å². The van der Waals surface area contributed by atoms with Crippen molar-refractivity contribution in [3.05, 3.63) is 71.5 Å². The molecule has 0 bridgehead atoms. The maximum atomic E-state index is 5.29. The van der Waals surface area contributed by atoms with Crippen molar-refractivity contribution < 1.29 is 4.74 Å². The zero-order chi connectivity index (χ0) is 18.5. The lowest BCUT2D eigenvalue weighted by Gasteiger charge is -2.34. The summed E-state index contributed by atoms with van der Waals surface area (Å²) in [6.07, 6.45) is 0.738. The minimum absolute atomic E-state index is 0.738. The van der Waals surface area contributed by atoms with Crippen LogP contribution in [0.5, 0.6) is 5.75 Å². The van der Waals surface area contributed by atoms with E-state index in [2.05, 4.69) is 50.6 Å². The number of rotatable bonds is 6. The van der Waals surface area contributed by atoms with Gasteiger partial charge in [-0.05, 0) is 23.3 Å². The van der Waals surface area contributed by atoms with Crippen LogP contribution >= 0.6 is 11.5 Å². The predicted octanol–water partition coefficient (Wildman–Crippen LogP) is 3.46. The van der Waals surface area contributed by atoms with E-state index in [0.717, 1.165) is 55.9 Å². The van der Waals surface area contributed by atoms with Crippen molar-refractivity contribution in [3.63, 3.8) is 0 Å². The standard InChI is InChI=1S/C21H24N4OS/c1-26-19-9-5-8-18(14-19)15-20-22-21(27-23-20)25-12-10-24(11-13-25)16-17-6-3-2-4-7-17/h2-9,14H,10-13,15-16H2,1H3. The summed E-state index contributed by atoms with van der Waals surface area (Å²) in [5.74, 6) is 1.76. The molecule has 0 saturated carbocycles. The fourth-order valence-corrected chi connectivity index (χ4v) is 4.09. The van der Waals surface area contributed by atoms with Gasteiger partial charge in [0.05, 0.1) is 7.11 Å². The van der Waals surface area contributed by atoms with Crippen LogP contribution in [0.4, 0.5) is 5.13 Å². The fraction of sp³-hybridized carbons (Fsp3) is 0.333. The fourth-order valence-electron chi connectivity index (χ4n) is 3.35. The number of ether oxygens (including phenoxy) is 1. The Morgan fingerprint density at radius 3 is 2.52 bits per heavy atom. The van der Waals surface area contributed by atoms with E-state index in [4.69, 9.17) is 9.72 Å². The molecule has 0 atom stereocenters. The van der Waals surface area contributed by atoms with Gasteiger partial charge in [-0.1, -0.05) is 42.5 Å². The molecule has 1 aliphatic heterocycles. The molecule has 0 radical (unpaired) electrons. The van der Waals surface area contributed by atoms with Gasteiger partial charge in [-0.2, -0.15) is 4.37 Å². The van der Waals surface area contributed by atoms with E-state index < -0.39 is 0 Å². The van der Waals surface area contributed by atoms with E-state index in [1.165, 1.54) is 22.7 Å². The SMILES string of the molecule is COc1cccc(Cc2nsc(N3CCN(Cc4ccccc4)CC3)n2)c1. The minimum Gasteiger partial charge on any atom is -0.497 e. The quantitative estimate of drug-likeness (QED) is 0.655. The highest BCUT2D eigenvalue weighted by atomic mass is 32.1. The van der Waals surface area contributed by atoms with Crippen molar-refractivity contribution in [2.75, 3.05) is 38.2 Å². The molecular weight excluding hydrogens is 356 g/mol. The number of piperazine rings is 1. The second kappa shape index (κ2) is 8.50. The highest BCUT2D eigenvalue weighted by Crippen LogP contribution is 2.22. The largest absolute Gasteiger partial charge is 0.497 e. The van der Waals surface area contributed by atoms with Crippen LogP contribution in [0.3, 0.4) is 0 Å². The smallest absolute Gasteiger partial charge is 0.205 e. The summed E-state index contributed by atoms with van der Waals surface area (Å²) < 4.78 is 9.86. The summed E-state index contributed by atoms with van der Waals surface area (Å²) in [6, 6.07) is 18.8. The summed E-state index contributed by atoms with van der Waals surface area (Å²) in [5.41, 5.74) is 2.55. The van der Waals surface area contributed by atoms with Crippen LogP contribution in [0.1, 0.15) is 17.0 Å². The zero-order valence-corrected chi connectivity index (χ0v) is 16.4. The molecule has 1 fully saturated rings. The Bertz CT molecular complexity index is 859. The molecule has 140 valence electrons. The number of hydrogen-bond acceptors (Lipinski definition) is 6. The Hall–Kier alpha value is -2.44. The highest BCUT2D eigenvalue weighted by Gasteiger charge is 2.20. The van der Waals surface area contributed by atoms with Crippen molar-refractivity contribution in [3.8, 4) is 5.75 Å². The molecule has 2 aromatic carbocycles. The summed E-state index contributed by atoms with van der Waals surface area (Å²) in [7, 11) is 1.69. The van der Waals surface area contributed by atoms with Crippen LogP contribution < -0.4 is 9.64 Å². The average Bonchev–Trinajstić information content (AvgIpc) is 3.18. The summed E-state index contributed by atoms with van der Waals surface area (Å²) >= 11 is 1.51. The van der Waals surface area contributed by atoms with Crippen molar-refractivity contribution >= 4 is 16.7 Å². The maximum Gasteiger partial charge on any atom is 0.205 e. The van der Waals surface area contributed by atoms with Crippen LogP contribution in [0.2, 0.25) is 0 Å². The van der Waals surface area contributed by atoms with Gasteiger partial charge in [-0.25, -0.2) is 4.98 Å². The van der Waals surface area contributed by atoms with E-state index in [1.807, 2.05) is 18.2 Å². The molecule has 2 heterocycles. The van der Waals surface area contributed by atoms with Gasteiger partial charge in [0, 0.05) is 50.7 Å². The summed E-state index contributed by atoms with van der Waals surface area (Å²) in [5, 5.41) is 1.03. The molecule has 1 aliphatic rings. The molecule has 3 aromatic rings. The highest BCUT2D eigenvalue weighted by molar-refractivity contribution is 7.09. The van der Waals surface area contributed by atoms with Gasteiger partial charge in [-0.3, -0.25) is 4.90 Å². The Morgan fingerprint density at radius 1 is 0.963 bits per heavy atom. The Morgan fingerprint density at radius 2 is 1.74 bits per heavy atom. The first-order valence-corrected chi connectivity index (χ1v) is 10.0. The first-order chi connectivity index (χ1) is 13.3. The van der Waals surface area contributed by atoms with Crippen LogP contribution in [-0.4, -0.2) is 47.5 Å². The third kappa shape index (κ3) is 4.64. The molecule has 1 aromatic heterocycles. The molecule has 0 aliphatic carbocycles. The van der Waals surface area contributed by atoms with Crippen molar-refractivity contribution in [1.82, 2.24) is 14.3 Å². The van der Waals surface area contributed by atoms with E-state index in [0.29, 0.717) is 0 Å². The zero-order valence-electron chi connectivity index (χ0n) is 15.5. The monoisotopic (exact) mass is 380 g/mol. The molecule has 0 spiro atoms. The van der Waals surface area contributed by atoms with Crippen molar-refractivity contribution in [2.24, 2.45) is 0 Å². The molecular formula is C21H24N4OS. The van der Waals surface area contributed by atoms with Crippen molar-refractivity contribution in [1.29, 1.82) is 0 Å². The molecule has 1 saturated heterocycles. The molecule has 6 heteroatoms. The lowest BCUT2D eigenvalue weighted by molar-refractivity contribution is 0.250. The van der Waals surface area contributed by atoms with Crippen LogP contribution in [0.15, 0.2) is 54.6 Å². The van der Waals surface area contributed by atoms with Gasteiger partial charge < -0.3 is 9.64 Å². The minimum atomic E-state index is 0.738. The van der Waals surface area contributed by atoms with Gasteiger partial charge in [0.15, 0.2) is 0 Å². The molecule has 0 amide bonds. The number of hydrogen-bond donors (Lipinski definition) is 0. The lowest BCUT2D eigenvalue weighted by Crippen LogP contribution is -2.45. The van der Waals surface area contributed by atoms with Crippen molar-refractivity contribution in [2.45, 2.75) is 13.0 Å². The van der Waals surface area contributed by atoms with Gasteiger partial charge >= 0.3 is 0 Å². The molecule has 4 rings (SSSR count). The van der Waals surface area contributed by atoms with Gasteiger partial charge in [-0.15, -0.1) is 0 Å². The van der Waals surface area contributed by atoms with E-state index in [9.17, 15) is 0 Å². The van der Waals surface area contributed by atoms with Crippen LogP contribution in [0, 0.1) is 0 Å². The topological polar surface area (TPSA) is 41.5 Å². The number of benzene rings is 2. The van der Waals surface area contributed by atoms with E-state index in [1.54, 1.807) is 7.11 Å². The third-order valence-electron chi connectivity index (χ3n) is 4.85. The first kappa shape index (κ1) is 17.9. The van der Waals surface area contributed by atoms with E-state index >= 15 is 0 Å². The van der Waals surface area contributed by atoms with Crippen LogP contribution in [0.25, 0.3) is 0 Å². The Kier molecular flexibility index (Phi) is 5.65. The Labute approximate surface area is 164 Å². The summed E-state index contributed by atoms with van der Waals surface area (Å²) in [4.78, 5) is 9.63. The number of anilines is 1. The number of aromatic nitrogens is 2. The molecule has 0 unspecified atom stereocenters. The first-order valence-electron chi connectivity index (χ1n) is 9.27. The third-order valence-corrected chi connectivity index (χ3v) is 5.66. The molecule has 0 N–H and O–H groups in total. The number of nitrogens with zero attached hydrogens (tertiary/aromatic N) is 4. The molecule has 5 nitrogen and oxygen atoms in total. The van der Waals surface area contributed by atoms with Crippen LogP contribution in [-0.2, 0) is 13.0 Å². The normalized spacial score (nSPS) is 15.1. The average molecular weight is 381 g/mol. The lowest BCUT2D eigenvalue weighted by atomic mass is 10.1. The second-order valence-electron chi connectivity index (χ2n) is 6.77. The van der Waals surface area contributed by atoms with E-state index in [-0.39, 0.29) is 0 Å². The predicted molar refractivity (Wildman–Crippen MR) is 110 cm³/mol.